The van der Waals surface area contributed by atoms with Crippen molar-refractivity contribution in [3.05, 3.63) is 78.1 Å². The molecule has 3 aromatic rings. The standard InChI is InChI=1S/C36H49N5O3/c1-3-4-5-6-7-8-9-10-11-18-35(42)39-30-19-20-32(31(26-30)36(43)38-28-29-15-14-21-37-27-29)40-22-24-41(25-23-40)33-16-12-13-17-34(33)44-2/h12-17,19-21,26-27H,3-11,18,22-25,28H2,1-2H3,(H,38,43)(H,39,42). The number of hydrogen-bond donors (Lipinski definition) is 2. The van der Waals surface area contributed by atoms with Crippen molar-refractivity contribution < 1.29 is 14.3 Å². The van der Waals surface area contributed by atoms with Gasteiger partial charge in [0.1, 0.15) is 5.75 Å². The van der Waals surface area contributed by atoms with Crippen molar-refractivity contribution in [2.24, 2.45) is 0 Å². The van der Waals surface area contributed by atoms with Gasteiger partial charge in [-0.05, 0) is 48.4 Å². The lowest BCUT2D eigenvalue weighted by Gasteiger charge is -2.38. The van der Waals surface area contributed by atoms with Gasteiger partial charge < -0.3 is 25.2 Å². The minimum Gasteiger partial charge on any atom is -0.495 e. The summed E-state index contributed by atoms with van der Waals surface area (Å²) in [7, 11) is 1.70. The normalized spacial score (nSPS) is 13.0. The number of amides is 2. The maximum absolute atomic E-state index is 13.5. The smallest absolute Gasteiger partial charge is 0.253 e. The molecule has 2 aromatic carbocycles. The minimum atomic E-state index is -0.175. The first-order valence-corrected chi connectivity index (χ1v) is 16.3. The molecule has 1 fully saturated rings. The van der Waals surface area contributed by atoms with Gasteiger partial charge in [-0.1, -0.05) is 76.5 Å². The van der Waals surface area contributed by atoms with E-state index in [1.807, 2.05) is 48.5 Å². The van der Waals surface area contributed by atoms with Crippen molar-refractivity contribution in [2.75, 3.05) is 48.4 Å². The Morgan fingerprint density at radius 1 is 0.818 bits per heavy atom. The number of benzene rings is 2. The highest BCUT2D eigenvalue weighted by molar-refractivity contribution is 6.02. The number of piperazine rings is 1. The summed E-state index contributed by atoms with van der Waals surface area (Å²) in [5.74, 6) is 0.679. The summed E-state index contributed by atoms with van der Waals surface area (Å²) in [5, 5.41) is 6.09. The molecule has 1 saturated heterocycles. The van der Waals surface area contributed by atoms with Crippen LogP contribution in [0.2, 0.25) is 0 Å². The predicted octanol–water partition coefficient (Wildman–Crippen LogP) is 7.21. The summed E-state index contributed by atoms with van der Waals surface area (Å²) in [6.45, 7) is 5.73. The van der Waals surface area contributed by atoms with Crippen molar-refractivity contribution >= 4 is 28.9 Å². The predicted molar refractivity (Wildman–Crippen MR) is 180 cm³/mol. The van der Waals surface area contributed by atoms with Crippen molar-refractivity contribution in [3.63, 3.8) is 0 Å². The van der Waals surface area contributed by atoms with Gasteiger partial charge in [0.25, 0.3) is 5.91 Å². The number of aromatic nitrogens is 1. The molecule has 2 amide bonds. The number of anilines is 3. The van der Waals surface area contributed by atoms with Gasteiger partial charge in [-0.15, -0.1) is 0 Å². The monoisotopic (exact) mass is 599 g/mol. The molecule has 0 aliphatic carbocycles. The molecule has 0 unspecified atom stereocenters. The van der Waals surface area contributed by atoms with E-state index in [2.05, 4.69) is 38.4 Å². The quantitative estimate of drug-likeness (QED) is 0.160. The van der Waals surface area contributed by atoms with E-state index >= 15 is 0 Å². The van der Waals surface area contributed by atoms with Crippen LogP contribution in [0.5, 0.6) is 5.75 Å². The summed E-state index contributed by atoms with van der Waals surface area (Å²) in [6.07, 6.45) is 14.9. The summed E-state index contributed by atoms with van der Waals surface area (Å²) in [4.78, 5) is 35.0. The number of ether oxygens (including phenoxy) is 1. The lowest BCUT2D eigenvalue weighted by atomic mass is 10.1. The van der Waals surface area contributed by atoms with Crippen molar-refractivity contribution in [1.29, 1.82) is 0 Å². The molecule has 0 atom stereocenters. The highest BCUT2D eigenvalue weighted by Gasteiger charge is 2.24. The van der Waals surface area contributed by atoms with Gasteiger partial charge in [0.15, 0.2) is 0 Å². The van der Waals surface area contributed by atoms with Crippen LogP contribution in [-0.4, -0.2) is 50.1 Å². The molecule has 2 heterocycles. The summed E-state index contributed by atoms with van der Waals surface area (Å²) in [5.41, 5.74) is 4.08. The zero-order valence-electron chi connectivity index (χ0n) is 26.5. The molecule has 44 heavy (non-hydrogen) atoms. The number of nitrogens with zero attached hydrogens (tertiary/aromatic N) is 3. The second-order valence-electron chi connectivity index (χ2n) is 11.5. The Morgan fingerprint density at radius 2 is 1.50 bits per heavy atom. The van der Waals surface area contributed by atoms with Crippen LogP contribution in [0.4, 0.5) is 17.1 Å². The largest absolute Gasteiger partial charge is 0.495 e. The number of carbonyl (C=O) groups is 2. The Hall–Kier alpha value is -4.07. The lowest BCUT2D eigenvalue weighted by molar-refractivity contribution is -0.116. The number of para-hydroxylation sites is 2. The molecule has 0 saturated carbocycles. The number of methoxy groups -OCH3 is 1. The van der Waals surface area contributed by atoms with E-state index in [9.17, 15) is 9.59 Å². The average molecular weight is 600 g/mol. The molecule has 0 radical (unpaired) electrons. The van der Waals surface area contributed by atoms with Crippen molar-refractivity contribution in [2.45, 2.75) is 77.7 Å². The van der Waals surface area contributed by atoms with E-state index in [0.717, 1.165) is 61.7 Å². The SMILES string of the molecule is CCCCCCCCCCCC(=O)Nc1ccc(N2CCN(c3ccccc3OC)CC2)c(C(=O)NCc2cccnc2)c1. The Balaban J connectivity index is 1.37. The molecule has 1 aliphatic rings. The number of unbranched alkanes of at least 4 members (excludes halogenated alkanes) is 8. The van der Waals surface area contributed by atoms with Crippen LogP contribution in [0.25, 0.3) is 0 Å². The van der Waals surface area contributed by atoms with Crippen LogP contribution in [0, 0.1) is 0 Å². The first-order valence-electron chi connectivity index (χ1n) is 16.3. The first kappa shape index (κ1) is 32.8. The molecular weight excluding hydrogens is 550 g/mol. The lowest BCUT2D eigenvalue weighted by Crippen LogP contribution is -2.47. The fourth-order valence-electron chi connectivity index (χ4n) is 5.75. The summed E-state index contributed by atoms with van der Waals surface area (Å²) < 4.78 is 5.58. The van der Waals surface area contributed by atoms with Gasteiger partial charge in [-0.3, -0.25) is 14.6 Å². The molecule has 2 N–H and O–H groups in total. The number of carbonyl (C=O) groups excluding carboxylic acids is 2. The molecule has 236 valence electrons. The fourth-order valence-corrected chi connectivity index (χ4v) is 5.75. The van der Waals surface area contributed by atoms with E-state index in [1.165, 1.54) is 44.9 Å². The van der Waals surface area contributed by atoms with Crippen molar-refractivity contribution in [3.8, 4) is 5.75 Å². The van der Waals surface area contributed by atoms with Gasteiger partial charge in [-0.25, -0.2) is 0 Å². The summed E-state index contributed by atoms with van der Waals surface area (Å²) in [6, 6.07) is 17.6. The van der Waals surface area contributed by atoms with E-state index in [4.69, 9.17) is 4.74 Å². The van der Waals surface area contributed by atoms with Crippen LogP contribution in [0.1, 0.15) is 87.1 Å². The molecule has 8 nitrogen and oxygen atoms in total. The minimum absolute atomic E-state index is 0.00663. The van der Waals surface area contributed by atoms with Crippen LogP contribution in [-0.2, 0) is 11.3 Å². The zero-order chi connectivity index (χ0) is 31.0. The molecular formula is C36H49N5O3. The Labute approximate surface area is 263 Å². The third-order valence-corrected chi connectivity index (χ3v) is 8.25. The van der Waals surface area contributed by atoms with E-state index < -0.39 is 0 Å². The highest BCUT2D eigenvalue weighted by Crippen LogP contribution is 2.31. The van der Waals surface area contributed by atoms with Gasteiger partial charge in [0.2, 0.25) is 5.91 Å². The van der Waals surface area contributed by atoms with Crippen LogP contribution in [0.3, 0.4) is 0 Å². The third-order valence-electron chi connectivity index (χ3n) is 8.25. The van der Waals surface area contributed by atoms with E-state index in [1.54, 1.807) is 19.5 Å². The van der Waals surface area contributed by atoms with Gasteiger partial charge in [-0.2, -0.15) is 0 Å². The first-order chi connectivity index (χ1) is 21.6. The summed E-state index contributed by atoms with van der Waals surface area (Å²) >= 11 is 0. The molecule has 8 heteroatoms. The number of hydrogen-bond acceptors (Lipinski definition) is 6. The third kappa shape index (κ3) is 10.00. The molecule has 0 bridgehead atoms. The Kier molecular flexibility index (Phi) is 13.4. The second kappa shape index (κ2) is 17.9. The molecule has 1 aliphatic heterocycles. The molecule has 4 rings (SSSR count). The van der Waals surface area contributed by atoms with E-state index in [0.29, 0.717) is 24.2 Å². The van der Waals surface area contributed by atoms with Crippen molar-refractivity contribution in [1.82, 2.24) is 10.3 Å². The number of pyridine rings is 1. The zero-order valence-corrected chi connectivity index (χ0v) is 26.5. The Morgan fingerprint density at radius 3 is 2.18 bits per heavy atom. The van der Waals surface area contributed by atoms with Crippen LogP contribution >= 0.6 is 0 Å². The number of nitrogens with one attached hydrogen (secondary N) is 2. The average Bonchev–Trinajstić information content (AvgIpc) is 3.07. The van der Waals surface area contributed by atoms with Gasteiger partial charge >= 0.3 is 0 Å². The maximum atomic E-state index is 13.5. The van der Waals surface area contributed by atoms with Crippen LogP contribution < -0.4 is 25.2 Å². The second-order valence-corrected chi connectivity index (χ2v) is 11.5. The highest BCUT2D eigenvalue weighted by atomic mass is 16.5. The molecule has 1 aromatic heterocycles. The van der Waals surface area contributed by atoms with Crippen LogP contribution in [0.15, 0.2) is 67.0 Å². The maximum Gasteiger partial charge on any atom is 0.253 e. The number of rotatable bonds is 17. The fraction of sp³-hybridized carbons (Fsp3) is 0.472. The molecule has 0 spiro atoms. The Bertz CT molecular complexity index is 1310. The van der Waals surface area contributed by atoms with E-state index in [-0.39, 0.29) is 11.8 Å². The van der Waals surface area contributed by atoms with Gasteiger partial charge in [0, 0.05) is 62.9 Å². The topological polar surface area (TPSA) is 86.8 Å². The van der Waals surface area contributed by atoms with Gasteiger partial charge in [0.05, 0.1) is 18.4 Å².